The minimum Gasteiger partial charge on any atom is -0.478 e. The Hall–Kier alpha value is -2.79. The first kappa shape index (κ1) is 17.3. The van der Waals surface area contributed by atoms with Crippen molar-refractivity contribution in [2.45, 2.75) is 25.7 Å². The lowest BCUT2D eigenvalue weighted by molar-refractivity contribution is 0.0697. The molecule has 0 spiro atoms. The van der Waals surface area contributed by atoms with E-state index in [4.69, 9.17) is 15.6 Å². The van der Waals surface area contributed by atoms with E-state index in [1.807, 2.05) is 18.2 Å². The van der Waals surface area contributed by atoms with Crippen LogP contribution in [0.15, 0.2) is 36.5 Å². The number of carboxylic acids is 1. The van der Waals surface area contributed by atoms with Crippen molar-refractivity contribution >= 4 is 5.97 Å². The van der Waals surface area contributed by atoms with Gasteiger partial charge in [0.25, 0.3) is 0 Å². The lowest BCUT2D eigenvalue weighted by Gasteiger charge is -2.21. The molecule has 0 aliphatic rings. The first-order valence-corrected chi connectivity index (χ1v) is 7.12. The van der Waals surface area contributed by atoms with Crippen molar-refractivity contribution < 1.29 is 9.90 Å². The van der Waals surface area contributed by atoms with Gasteiger partial charge >= 0.3 is 5.97 Å². The standard InChI is InChI=1S/C17H19N3O2/c1-2-14(8-12-20(13-10-19)11-3-9-18)15-4-6-16(7-5-15)17(21)22/h3-7,11,14H,2,8,12-13H2,1H3,(H,21,22). The fraction of sp³-hybridized carbons (Fsp3) is 0.353. The largest absolute Gasteiger partial charge is 0.478 e. The number of carbonyl (C=O) groups is 1. The minimum absolute atomic E-state index is 0.243. The average Bonchev–Trinajstić information content (AvgIpc) is 2.53. The molecular formula is C17H19N3O2. The summed E-state index contributed by atoms with van der Waals surface area (Å²) < 4.78 is 0. The maximum atomic E-state index is 10.9. The highest BCUT2D eigenvalue weighted by molar-refractivity contribution is 5.87. The average molecular weight is 297 g/mol. The molecule has 0 saturated carbocycles. The summed E-state index contributed by atoms with van der Waals surface area (Å²) in [6.45, 7) is 2.99. The molecule has 0 saturated heterocycles. The highest BCUT2D eigenvalue weighted by Crippen LogP contribution is 2.24. The number of aromatic carboxylic acids is 1. The number of allylic oxidation sites excluding steroid dienone is 1. The third-order valence-corrected chi connectivity index (χ3v) is 3.52. The van der Waals surface area contributed by atoms with Crippen molar-refractivity contribution in [2.75, 3.05) is 13.1 Å². The second-order valence-electron chi connectivity index (χ2n) is 4.89. The number of hydrogen-bond donors (Lipinski definition) is 1. The highest BCUT2D eigenvalue weighted by Gasteiger charge is 2.12. The Morgan fingerprint density at radius 1 is 1.36 bits per heavy atom. The van der Waals surface area contributed by atoms with E-state index >= 15 is 0 Å². The lowest BCUT2D eigenvalue weighted by atomic mass is 9.92. The quantitative estimate of drug-likeness (QED) is 0.588. The Kier molecular flexibility index (Phi) is 7.22. The van der Waals surface area contributed by atoms with Crippen molar-refractivity contribution in [1.29, 1.82) is 10.5 Å². The number of nitrogens with zero attached hydrogens (tertiary/aromatic N) is 3. The van der Waals surface area contributed by atoms with Crippen LogP contribution in [0.2, 0.25) is 0 Å². The summed E-state index contributed by atoms with van der Waals surface area (Å²) in [4.78, 5) is 12.7. The van der Waals surface area contributed by atoms with E-state index in [2.05, 4.69) is 13.0 Å². The Bertz CT molecular complexity index is 594. The lowest BCUT2D eigenvalue weighted by Crippen LogP contribution is -2.20. The van der Waals surface area contributed by atoms with Crippen LogP contribution in [-0.4, -0.2) is 29.1 Å². The summed E-state index contributed by atoms with van der Waals surface area (Å²) in [5, 5.41) is 26.3. The van der Waals surface area contributed by atoms with Gasteiger partial charge in [0, 0.05) is 18.8 Å². The Balaban J connectivity index is 2.71. The molecular weight excluding hydrogens is 278 g/mol. The van der Waals surface area contributed by atoms with E-state index < -0.39 is 5.97 Å². The summed E-state index contributed by atoms with van der Waals surface area (Å²) in [5.41, 5.74) is 1.37. The predicted molar refractivity (Wildman–Crippen MR) is 83.0 cm³/mol. The highest BCUT2D eigenvalue weighted by atomic mass is 16.4. The van der Waals surface area contributed by atoms with E-state index in [9.17, 15) is 4.79 Å². The Labute approximate surface area is 130 Å². The van der Waals surface area contributed by atoms with Crippen LogP contribution in [0, 0.1) is 22.7 Å². The summed E-state index contributed by atoms with van der Waals surface area (Å²) in [7, 11) is 0. The first-order valence-electron chi connectivity index (χ1n) is 7.12. The molecule has 0 amide bonds. The van der Waals surface area contributed by atoms with Crippen molar-refractivity contribution in [3.05, 3.63) is 47.7 Å². The molecule has 5 nitrogen and oxygen atoms in total. The van der Waals surface area contributed by atoms with Gasteiger partial charge in [-0.2, -0.15) is 10.5 Å². The van der Waals surface area contributed by atoms with Crippen LogP contribution < -0.4 is 0 Å². The van der Waals surface area contributed by atoms with Crippen molar-refractivity contribution in [2.24, 2.45) is 0 Å². The smallest absolute Gasteiger partial charge is 0.335 e. The maximum absolute atomic E-state index is 10.9. The molecule has 0 bridgehead atoms. The molecule has 0 fully saturated rings. The van der Waals surface area contributed by atoms with Gasteiger partial charge in [0.2, 0.25) is 0 Å². The van der Waals surface area contributed by atoms with Gasteiger partial charge in [-0.05, 0) is 36.5 Å². The van der Waals surface area contributed by atoms with Crippen molar-refractivity contribution in [1.82, 2.24) is 4.90 Å². The third kappa shape index (κ3) is 5.30. The number of rotatable bonds is 8. The second-order valence-corrected chi connectivity index (χ2v) is 4.89. The van der Waals surface area contributed by atoms with Crippen molar-refractivity contribution in [3.8, 4) is 12.1 Å². The molecule has 1 aromatic rings. The van der Waals surface area contributed by atoms with Crippen LogP contribution in [0.25, 0.3) is 0 Å². The van der Waals surface area contributed by atoms with E-state index in [0.717, 1.165) is 18.4 Å². The molecule has 1 N–H and O–H groups in total. The van der Waals surface area contributed by atoms with Crippen LogP contribution in [-0.2, 0) is 0 Å². The minimum atomic E-state index is -0.929. The molecule has 22 heavy (non-hydrogen) atoms. The van der Waals surface area contributed by atoms with Gasteiger partial charge in [-0.15, -0.1) is 0 Å². The molecule has 1 unspecified atom stereocenters. The molecule has 0 aliphatic heterocycles. The van der Waals surface area contributed by atoms with E-state index in [1.165, 1.54) is 6.08 Å². The molecule has 5 heteroatoms. The summed E-state index contributed by atoms with van der Waals surface area (Å²) >= 11 is 0. The normalized spacial score (nSPS) is 11.6. The molecule has 0 aromatic heterocycles. The zero-order chi connectivity index (χ0) is 16.4. The van der Waals surface area contributed by atoms with Gasteiger partial charge in [0.15, 0.2) is 0 Å². The molecule has 1 rings (SSSR count). The van der Waals surface area contributed by atoms with Gasteiger partial charge in [0.05, 0.1) is 17.7 Å². The summed E-state index contributed by atoms with van der Waals surface area (Å²) in [6.07, 6.45) is 4.75. The maximum Gasteiger partial charge on any atom is 0.335 e. The predicted octanol–water partition coefficient (Wildman–Crippen LogP) is 3.13. The van der Waals surface area contributed by atoms with Gasteiger partial charge in [-0.1, -0.05) is 19.1 Å². The molecule has 114 valence electrons. The van der Waals surface area contributed by atoms with Crippen LogP contribution in [0.1, 0.15) is 41.6 Å². The third-order valence-electron chi connectivity index (χ3n) is 3.52. The zero-order valence-corrected chi connectivity index (χ0v) is 12.6. The number of benzene rings is 1. The fourth-order valence-electron chi connectivity index (χ4n) is 2.26. The molecule has 0 radical (unpaired) electrons. The van der Waals surface area contributed by atoms with E-state index in [0.29, 0.717) is 12.5 Å². The fourth-order valence-corrected chi connectivity index (χ4v) is 2.26. The van der Waals surface area contributed by atoms with Gasteiger partial charge in [-0.25, -0.2) is 4.79 Å². The van der Waals surface area contributed by atoms with Gasteiger partial charge < -0.3 is 10.0 Å². The van der Waals surface area contributed by atoms with Gasteiger partial charge in [-0.3, -0.25) is 0 Å². The molecule has 0 heterocycles. The summed E-state index contributed by atoms with van der Waals surface area (Å²) in [6, 6.07) is 10.9. The second kappa shape index (κ2) is 9.20. The van der Waals surface area contributed by atoms with Crippen LogP contribution in [0.3, 0.4) is 0 Å². The summed E-state index contributed by atoms with van der Waals surface area (Å²) in [5.74, 6) is -0.638. The Morgan fingerprint density at radius 2 is 2.05 bits per heavy atom. The van der Waals surface area contributed by atoms with Crippen LogP contribution >= 0.6 is 0 Å². The molecule has 1 atom stereocenters. The zero-order valence-electron chi connectivity index (χ0n) is 12.6. The van der Waals surface area contributed by atoms with Crippen molar-refractivity contribution in [3.63, 3.8) is 0 Å². The van der Waals surface area contributed by atoms with E-state index in [-0.39, 0.29) is 12.1 Å². The topological polar surface area (TPSA) is 88.1 Å². The molecule has 0 aliphatic carbocycles. The van der Waals surface area contributed by atoms with Crippen LogP contribution in [0.5, 0.6) is 0 Å². The number of hydrogen-bond acceptors (Lipinski definition) is 4. The SMILES string of the molecule is CCC(CCN(C=CC#N)CC#N)c1ccc(C(=O)O)cc1. The van der Waals surface area contributed by atoms with Gasteiger partial charge in [0.1, 0.15) is 6.54 Å². The number of carboxylic acid groups (broad SMARTS) is 1. The van der Waals surface area contributed by atoms with Crippen LogP contribution in [0.4, 0.5) is 0 Å². The Morgan fingerprint density at radius 3 is 2.55 bits per heavy atom. The number of nitriles is 2. The van der Waals surface area contributed by atoms with E-state index in [1.54, 1.807) is 23.2 Å². The monoisotopic (exact) mass is 297 g/mol. The molecule has 1 aromatic carbocycles. The first-order chi connectivity index (χ1) is 10.6.